The fourth-order valence-corrected chi connectivity index (χ4v) is 5.17. The van der Waals surface area contributed by atoms with E-state index in [0.717, 1.165) is 18.4 Å². The van der Waals surface area contributed by atoms with Crippen LogP contribution in [0.15, 0.2) is 60.9 Å². The molecule has 2 aromatic heterocycles. The van der Waals surface area contributed by atoms with Gasteiger partial charge in [0.05, 0.1) is 6.04 Å². The van der Waals surface area contributed by atoms with Crippen molar-refractivity contribution in [1.82, 2.24) is 29.8 Å². The zero-order valence-electron chi connectivity index (χ0n) is 24.3. The molecule has 3 aromatic rings. The topological polar surface area (TPSA) is 99.0 Å². The Balaban J connectivity index is 1.56. The summed E-state index contributed by atoms with van der Waals surface area (Å²) in [6.07, 6.45) is 5.98. The maximum Gasteiger partial charge on any atom is 0.274 e. The molecule has 1 fully saturated rings. The molecule has 0 saturated carbocycles. The Morgan fingerprint density at radius 3 is 2.50 bits per heavy atom. The lowest BCUT2D eigenvalue weighted by atomic mass is 9.85. The van der Waals surface area contributed by atoms with Crippen molar-refractivity contribution in [1.29, 1.82) is 0 Å². The van der Waals surface area contributed by atoms with Crippen LogP contribution in [0.5, 0.6) is 0 Å². The molecule has 4 rings (SSSR count). The molecule has 0 spiro atoms. The molecule has 3 atom stereocenters. The minimum atomic E-state index is -0.677. The Labute approximate surface area is 236 Å². The number of likely N-dealkylation sites (N-methyl/N-ethyl adjacent to an activating group) is 1. The van der Waals surface area contributed by atoms with Gasteiger partial charge < -0.3 is 24.8 Å². The number of carbonyl (C=O) groups excluding carboxylic acids is 3. The predicted molar refractivity (Wildman–Crippen MR) is 156 cm³/mol. The number of nitrogens with one attached hydrogen (secondary N) is 2. The van der Waals surface area contributed by atoms with E-state index < -0.39 is 17.5 Å². The van der Waals surface area contributed by atoms with Crippen LogP contribution >= 0.6 is 0 Å². The average molecular weight is 547 g/mol. The Morgan fingerprint density at radius 1 is 1.10 bits per heavy atom. The van der Waals surface area contributed by atoms with Crippen LogP contribution in [-0.4, -0.2) is 81.7 Å². The zero-order valence-corrected chi connectivity index (χ0v) is 24.3. The van der Waals surface area contributed by atoms with E-state index in [1.807, 2.05) is 77.6 Å². The second-order valence-electron chi connectivity index (χ2n) is 11.7. The smallest absolute Gasteiger partial charge is 0.274 e. The zero-order chi connectivity index (χ0) is 28.9. The van der Waals surface area contributed by atoms with Crippen LogP contribution in [0.2, 0.25) is 0 Å². The second kappa shape index (κ2) is 12.6. The van der Waals surface area contributed by atoms with E-state index in [0.29, 0.717) is 37.4 Å². The third kappa shape index (κ3) is 6.88. The van der Waals surface area contributed by atoms with E-state index in [2.05, 4.69) is 27.8 Å². The number of hydrogen-bond donors (Lipinski definition) is 2. The first kappa shape index (κ1) is 29.3. The largest absolute Gasteiger partial charge is 0.342 e. The summed E-state index contributed by atoms with van der Waals surface area (Å²) >= 11 is 0. The van der Waals surface area contributed by atoms with E-state index in [-0.39, 0.29) is 23.8 Å². The van der Waals surface area contributed by atoms with Gasteiger partial charge in [-0.1, -0.05) is 57.2 Å². The molecule has 40 heavy (non-hydrogen) atoms. The molecule has 3 amide bonds. The van der Waals surface area contributed by atoms with Crippen LogP contribution in [0.3, 0.4) is 0 Å². The van der Waals surface area contributed by atoms with Crippen LogP contribution in [0.25, 0.3) is 5.65 Å². The second-order valence-corrected chi connectivity index (χ2v) is 11.7. The fourth-order valence-electron chi connectivity index (χ4n) is 5.17. The molecule has 0 unspecified atom stereocenters. The van der Waals surface area contributed by atoms with Crippen molar-refractivity contribution in [2.75, 3.05) is 26.7 Å². The van der Waals surface area contributed by atoms with Gasteiger partial charge >= 0.3 is 0 Å². The summed E-state index contributed by atoms with van der Waals surface area (Å²) in [6, 6.07) is 14.5. The number of pyridine rings is 1. The van der Waals surface area contributed by atoms with Gasteiger partial charge in [-0.2, -0.15) is 0 Å². The van der Waals surface area contributed by atoms with Crippen molar-refractivity contribution >= 4 is 23.4 Å². The monoisotopic (exact) mass is 546 g/mol. The van der Waals surface area contributed by atoms with Gasteiger partial charge in [-0.05, 0) is 56.3 Å². The summed E-state index contributed by atoms with van der Waals surface area (Å²) in [7, 11) is 1.72. The number of fused-ring (bicyclic) bond motifs is 1. The minimum absolute atomic E-state index is 0.102. The lowest BCUT2D eigenvalue weighted by Gasteiger charge is -2.37. The highest BCUT2D eigenvalue weighted by atomic mass is 16.2. The van der Waals surface area contributed by atoms with Gasteiger partial charge in [-0.25, -0.2) is 4.98 Å². The van der Waals surface area contributed by atoms with E-state index in [1.54, 1.807) is 20.2 Å². The fraction of sp³-hybridized carbons (Fsp3) is 0.484. The molecule has 2 N–H and O–H groups in total. The number of nitrogens with zero attached hydrogens (tertiary/aromatic N) is 4. The molecule has 9 nitrogen and oxygen atoms in total. The summed E-state index contributed by atoms with van der Waals surface area (Å²) in [5.74, 6) is -0.463. The molecular formula is C31H42N6O3. The van der Waals surface area contributed by atoms with E-state index in [1.165, 1.54) is 0 Å². The van der Waals surface area contributed by atoms with E-state index in [9.17, 15) is 14.4 Å². The van der Waals surface area contributed by atoms with Crippen molar-refractivity contribution in [2.45, 2.75) is 65.1 Å². The van der Waals surface area contributed by atoms with E-state index >= 15 is 0 Å². The van der Waals surface area contributed by atoms with Crippen LogP contribution in [0.1, 0.15) is 56.6 Å². The Bertz CT molecular complexity index is 1280. The summed E-state index contributed by atoms with van der Waals surface area (Å²) in [5, 5.41) is 5.92. The lowest BCUT2D eigenvalue weighted by molar-refractivity contribution is -0.140. The molecular weight excluding hydrogens is 504 g/mol. The van der Waals surface area contributed by atoms with Crippen molar-refractivity contribution in [3.8, 4) is 0 Å². The number of amides is 3. The molecule has 1 aromatic carbocycles. The molecule has 214 valence electrons. The van der Waals surface area contributed by atoms with Crippen LogP contribution in [-0.2, 0) is 16.0 Å². The SMILES string of the molecule is CN[C@@H](C)C(=O)N[C@H](C(=O)N1CCC[C@H]1CN(CCc1ccccc1)C(=O)c1cn2ccccc2n1)C(C)(C)C. The van der Waals surface area contributed by atoms with Gasteiger partial charge in [0.15, 0.2) is 0 Å². The van der Waals surface area contributed by atoms with Crippen molar-refractivity contribution in [2.24, 2.45) is 5.41 Å². The minimum Gasteiger partial charge on any atom is -0.342 e. The number of benzene rings is 1. The Kier molecular flexibility index (Phi) is 9.25. The van der Waals surface area contributed by atoms with Gasteiger partial charge in [0, 0.05) is 38.1 Å². The molecule has 0 radical (unpaired) electrons. The first-order valence-corrected chi connectivity index (χ1v) is 14.1. The Morgan fingerprint density at radius 2 is 1.82 bits per heavy atom. The quantitative estimate of drug-likeness (QED) is 0.407. The standard InChI is InChI=1S/C31H42N6O3/c1-22(32-5)28(38)34-27(31(2,3)4)30(40)37-18-11-14-24(37)20-36(19-16-23-12-7-6-8-13-23)29(39)25-21-35-17-10-9-15-26(35)33-25/h6-10,12-13,15,17,21-22,24,27,32H,11,14,16,18-20H2,1-5H3,(H,34,38)/t22-,24-,27+/m0/s1. The highest BCUT2D eigenvalue weighted by molar-refractivity contribution is 5.93. The van der Waals surface area contributed by atoms with E-state index in [4.69, 9.17) is 0 Å². The molecule has 3 heterocycles. The van der Waals surface area contributed by atoms with Crippen LogP contribution in [0.4, 0.5) is 0 Å². The van der Waals surface area contributed by atoms with Crippen molar-refractivity contribution in [3.05, 3.63) is 72.2 Å². The number of rotatable bonds is 10. The van der Waals surface area contributed by atoms with Gasteiger partial charge in [0.1, 0.15) is 17.4 Å². The van der Waals surface area contributed by atoms with Gasteiger partial charge in [0.25, 0.3) is 5.91 Å². The van der Waals surface area contributed by atoms with Crippen molar-refractivity contribution in [3.63, 3.8) is 0 Å². The summed E-state index contributed by atoms with van der Waals surface area (Å²) < 4.78 is 1.84. The van der Waals surface area contributed by atoms with Gasteiger partial charge in [-0.3, -0.25) is 14.4 Å². The molecule has 1 aliphatic heterocycles. The molecule has 1 aliphatic rings. The number of likely N-dealkylation sites (tertiary alicyclic amines) is 1. The summed E-state index contributed by atoms with van der Waals surface area (Å²) in [5.41, 5.74) is 1.76. The van der Waals surface area contributed by atoms with Gasteiger partial charge in [0.2, 0.25) is 11.8 Å². The number of hydrogen-bond acceptors (Lipinski definition) is 5. The number of aromatic nitrogens is 2. The average Bonchev–Trinajstić information content (AvgIpc) is 3.59. The summed E-state index contributed by atoms with van der Waals surface area (Å²) in [6.45, 7) is 9.17. The first-order chi connectivity index (χ1) is 19.1. The van der Waals surface area contributed by atoms with Crippen molar-refractivity contribution < 1.29 is 14.4 Å². The molecule has 0 bridgehead atoms. The first-order valence-electron chi connectivity index (χ1n) is 14.1. The van der Waals surface area contributed by atoms with Crippen LogP contribution < -0.4 is 10.6 Å². The maximum absolute atomic E-state index is 13.9. The number of carbonyl (C=O) groups is 3. The maximum atomic E-state index is 13.9. The number of imidazole rings is 1. The molecule has 1 saturated heterocycles. The third-order valence-electron chi connectivity index (χ3n) is 7.70. The van der Waals surface area contributed by atoms with Gasteiger partial charge in [-0.15, -0.1) is 0 Å². The molecule has 0 aliphatic carbocycles. The lowest BCUT2D eigenvalue weighted by Crippen LogP contribution is -2.59. The summed E-state index contributed by atoms with van der Waals surface area (Å²) in [4.78, 5) is 48.8. The Hall–Kier alpha value is -3.72. The normalized spacial score (nSPS) is 17.0. The van der Waals surface area contributed by atoms with Crippen LogP contribution in [0, 0.1) is 5.41 Å². The highest BCUT2D eigenvalue weighted by Gasteiger charge is 2.41. The third-order valence-corrected chi connectivity index (χ3v) is 7.70. The molecule has 9 heteroatoms. The highest BCUT2D eigenvalue weighted by Crippen LogP contribution is 2.27. The predicted octanol–water partition coefficient (Wildman–Crippen LogP) is 3.15.